The third-order valence-corrected chi connectivity index (χ3v) is 18.9. The average molecular weight is 1450 g/mol. The molecule has 0 aliphatic carbocycles. The van der Waals surface area contributed by atoms with Crippen LogP contribution in [-0.2, 0) is 65.0 Å². The molecule has 2 unspecified atom stereocenters. The van der Waals surface area contributed by atoms with Gasteiger partial charge >= 0.3 is 24.3 Å². The second-order valence-corrected chi connectivity index (χ2v) is 25.5. The van der Waals surface area contributed by atoms with Crippen LogP contribution in [0.25, 0.3) is 0 Å². The van der Waals surface area contributed by atoms with Gasteiger partial charge in [0.1, 0.15) is 58.7 Å². The number of urea groups is 1. The van der Waals surface area contributed by atoms with Crippen molar-refractivity contribution >= 4 is 109 Å². The Bertz CT molecular complexity index is 3070. The zero-order valence-corrected chi connectivity index (χ0v) is 57.1. The number of primary amides is 1. The molecule has 2 saturated heterocycles. The Morgan fingerprint density at radius 3 is 2.30 bits per heavy atom. The number of aliphatic hydroxyl groups is 1. The first-order valence-electron chi connectivity index (χ1n) is 29.8. The SMILES string of the molecule is COc1cc2cc(c1Cl)N(C)C(=O)C[C@H](OC(=O)[C@H](C)N(C)C(=O)c1ccc(NC(=O)[C@H](CCCNC(N)=O)NC(=O)[C@@H](NC(C=O)CCCC(C)OC(C=O)(CBr)CBr)C(C)C)c(C(F)(F)F)c1)[C@]1(C)O[C@H]1[C@H](C)[C@@H]1C[C@@](O)(NC(=O)O1)[C@H](OC)/C=C/C=C(\C)C2. The molecule has 2 aromatic rings. The summed E-state index contributed by atoms with van der Waals surface area (Å²) in [6, 6.07) is -0.275. The Kier molecular flexibility index (Phi) is 27.7. The summed E-state index contributed by atoms with van der Waals surface area (Å²) in [7, 11) is 5.36. The highest BCUT2D eigenvalue weighted by atomic mass is 79.9. The molecule has 12 atom stereocenters. The molecule has 24 nitrogen and oxygen atoms in total. The molecule has 2 fully saturated rings. The normalized spacial score (nSPS) is 24.5. The number of likely N-dealkylation sites (N-methyl/N-ethyl adjacent to an activating group) is 1. The van der Waals surface area contributed by atoms with Gasteiger partial charge in [0.2, 0.25) is 17.7 Å². The zero-order valence-electron chi connectivity index (χ0n) is 53.2. The summed E-state index contributed by atoms with van der Waals surface area (Å²) in [5, 5.41) is 25.1. The lowest BCUT2D eigenvalue weighted by Gasteiger charge is -2.42. The largest absolute Gasteiger partial charge is 0.495 e. The number of epoxide rings is 1. The minimum absolute atomic E-state index is 0.00583. The molecule has 3 heterocycles. The van der Waals surface area contributed by atoms with Crippen molar-refractivity contribution in [2.75, 3.05) is 55.7 Å². The molecule has 3 aliphatic heterocycles. The van der Waals surface area contributed by atoms with Crippen LogP contribution < -0.4 is 42.0 Å². The van der Waals surface area contributed by atoms with E-state index < -0.39 is 155 Å². The summed E-state index contributed by atoms with van der Waals surface area (Å²) < 4.78 is 80.6. The molecule has 8 N–H and O–H groups in total. The molecular weight excluding hydrogens is 1360 g/mol. The molecule has 0 saturated carbocycles. The summed E-state index contributed by atoms with van der Waals surface area (Å²) in [5.74, 6) is -5.72. The van der Waals surface area contributed by atoms with Gasteiger partial charge in [0.05, 0.1) is 54.8 Å². The van der Waals surface area contributed by atoms with E-state index in [1.54, 1.807) is 65.0 Å². The Labute approximate surface area is 554 Å². The standard InChI is InChI=1S/C62H84Br2ClF3N8O16/c1-33(2)51(71-40(29-77)17-13-16-35(4)91-60(30-63,31-64)32-78)54(81)73-43(18-14-22-70-57(69)84)53(80)72-42-21-20-39(26-41(42)62(66,67)68)55(82)75(8)37(6)56(83)90-48-27-49(79)76(9)44-24-38(25-45(87-10)50(44)65)23-34(3)15-12-19-47(88-11)61(86)28-46(89-58(85)74-61)36(5)52-59(48,7)92-52/h12,15,19-21,24-26,29,32-33,35-37,40,43,46-48,51-52,71,86H,13-14,16-18,22-23,27-28,30-31H2,1-11H3,(H,72,80)(H,73,81)(H,74,85)(H3,69,70,84)/b19-12+,34-15+/t35?,36-,37+,40?,43+,46+,47-,48+,51+,52+,59+,61+/m1/s1. The van der Waals surface area contributed by atoms with Crippen LogP contribution >= 0.6 is 43.5 Å². The van der Waals surface area contributed by atoms with Gasteiger partial charge in [-0.15, -0.1) is 0 Å². The number of nitrogens with two attached hydrogens (primary N) is 1. The number of hydrogen-bond acceptors (Lipinski definition) is 17. The predicted molar refractivity (Wildman–Crippen MR) is 341 cm³/mol. The number of benzene rings is 2. The number of carbonyl (C=O) groups excluding carboxylic acids is 9. The second-order valence-electron chi connectivity index (χ2n) is 24.0. The van der Waals surface area contributed by atoms with Gasteiger partial charge in [-0.05, 0) is 108 Å². The van der Waals surface area contributed by atoms with Gasteiger partial charge in [-0.1, -0.05) is 88.0 Å². The van der Waals surface area contributed by atoms with Crippen LogP contribution in [0.15, 0.2) is 54.1 Å². The number of ether oxygens (including phenoxy) is 6. The van der Waals surface area contributed by atoms with E-state index in [0.29, 0.717) is 43.5 Å². The van der Waals surface area contributed by atoms with Crippen molar-refractivity contribution < 1.29 is 89.8 Å². The van der Waals surface area contributed by atoms with E-state index in [2.05, 4.69) is 58.4 Å². The minimum atomic E-state index is -5.22. The molecule has 30 heteroatoms. The summed E-state index contributed by atoms with van der Waals surface area (Å²) in [6.45, 7) is 11.4. The molecule has 7 amide bonds. The van der Waals surface area contributed by atoms with E-state index in [0.717, 1.165) is 29.7 Å². The van der Waals surface area contributed by atoms with Gasteiger partial charge in [-0.2, -0.15) is 13.2 Å². The number of amides is 7. The molecule has 0 spiro atoms. The fraction of sp³-hybridized carbons (Fsp3) is 0.597. The Morgan fingerprint density at radius 2 is 1.71 bits per heavy atom. The maximum Gasteiger partial charge on any atom is 0.418 e. The number of allylic oxidation sites excluding steroid dienone is 3. The highest BCUT2D eigenvalue weighted by Crippen LogP contribution is 2.49. The topological polar surface area (TPSA) is 325 Å². The number of aldehydes is 2. The van der Waals surface area contributed by atoms with E-state index in [1.807, 2.05) is 6.92 Å². The molecule has 510 valence electrons. The first-order chi connectivity index (χ1) is 43.1. The van der Waals surface area contributed by atoms with Crippen LogP contribution in [0.2, 0.25) is 5.02 Å². The molecule has 2 aromatic carbocycles. The van der Waals surface area contributed by atoms with Gasteiger partial charge in [0.15, 0.2) is 12.0 Å². The van der Waals surface area contributed by atoms with Crippen molar-refractivity contribution in [1.82, 2.24) is 26.2 Å². The average Bonchev–Trinajstić information content (AvgIpc) is 1.56. The first-order valence-corrected chi connectivity index (χ1v) is 32.5. The zero-order chi connectivity index (χ0) is 68.8. The summed E-state index contributed by atoms with van der Waals surface area (Å²) in [5.41, 5.74) is -0.499. The van der Waals surface area contributed by atoms with E-state index in [9.17, 15) is 48.3 Å². The van der Waals surface area contributed by atoms with Gasteiger partial charge in [0, 0.05) is 56.3 Å². The van der Waals surface area contributed by atoms with Crippen LogP contribution in [-0.4, -0.2) is 181 Å². The van der Waals surface area contributed by atoms with Crippen molar-refractivity contribution in [1.29, 1.82) is 0 Å². The van der Waals surface area contributed by atoms with E-state index >= 15 is 13.2 Å². The Balaban J connectivity index is 1.39. The minimum Gasteiger partial charge on any atom is -0.495 e. The molecule has 3 aliphatic rings. The monoisotopic (exact) mass is 1450 g/mol. The third-order valence-electron chi connectivity index (χ3n) is 16.6. The van der Waals surface area contributed by atoms with E-state index in [1.165, 1.54) is 33.1 Å². The summed E-state index contributed by atoms with van der Waals surface area (Å²) in [4.78, 5) is 122. The number of rotatable bonds is 27. The smallest absolute Gasteiger partial charge is 0.418 e. The lowest BCUT2D eigenvalue weighted by molar-refractivity contribution is -0.158. The lowest BCUT2D eigenvalue weighted by Crippen LogP contribution is -2.63. The molecule has 0 aromatic heterocycles. The van der Waals surface area contributed by atoms with Crippen LogP contribution in [0, 0.1) is 11.8 Å². The number of halogens is 6. The van der Waals surface area contributed by atoms with Crippen molar-refractivity contribution in [2.45, 2.75) is 178 Å². The van der Waals surface area contributed by atoms with E-state index in [-0.39, 0.29) is 59.3 Å². The van der Waals surface area contributed by atoms with Gasteiger partial charge in [-0.25, -0.2) is 14.4 Å². The van der Waals surface area contributed by atoms with Crippen molar-refractivity contribution in [3.63, 3.8) is 0 Å². The van der Waals surface area contributed by atoms with Crippen LogP contribution in [0.5, 0.6) is 5.75 Å². The first kappa shape index (κ1) is 76.5. The van der Waals surface area contributed by atoms with Crippen LogP contribution in [0.1, 0.15) is 115 Å². The predicted octanol–water partition coefficient (Wildman–Crippen LogP) is 7.20. The Morgan fingerprint density at radius 1 is 1.02 bits per heavy atom. The highest BCUT2D eigenvalue weighted by molar-refractivity contribution is 9.10. The highest BCUT2D eigenvalue weighted by Gasteiger charge is 2.64. The van der Waals surface area contributed by atoms with Crippen molar-refractivity contribution in [3.8, 4) is 5.75 Å². The summed E-state index contributed by atoms with van der Waals surface area (Å²) in [6.07, 6.45) is -4.23. The maximum atomic E-state index is 15.1. The molecule has 4 bridgehead atoms. The van der Waals surface area contributed by atoms with Crippen LogP contribution in [0.4, 0.5) is 34.1 Å². The number of anilines is 2. The van der Waals surface area contributed by atoms with Crippen molar-refractivity contribution in [2.24, 2.45) is 17.6 Å². The van der Waals surface area contributed by atoms with Crippen molar-refractivity contribution in [3.05, 3.63) is 75.8 Å². The number of alkyl halides is 5. The van der Waals surface area contributed by atoms with Gasteiger partial charge < -0.3 is 74.6 Å². The number of alkyl carbamates (subject to hydrolysis) is 1. The number of fused-ring (bicyclic) bond motifs is 5. The molecule has 92 heavy (non-hydrogen) atoms. The second kappa shape index (κ2) is 33.3. The Hall–Kier alpha value is -6.21. The molecular formula is C62H84Br2ClF3N8O16. The summed E-state index contributed by atoms with van der Waals surface area (Å²) >= 11 is 13.4. The number of nitrogens with one attached hydrogen (secondary N) is 5. The van der Waals surface area contributed by atoms with Gasteiger partial charge in [-0.3, -0.25) is 29.8 Å². The van der Waals surface area contributed by atoms with Crippen LogP contribution in [0.3, 0.4) is 0 Å². The maximum absolute atomic E-state index is 15.1. The number of nitrogens with zero attached hydrogens (tertiary/aromatic N) is 2. The number of esters is 1. The third kappa shape index (κ3) is 19.7. The molecule has 5 rings (SSSR count). The number of hydrogen-bond donors (Lipinski definition) is 7. The number of carbonyl (C=O) groups is 9. The number of methoxy groups -OCH3 is 2. The quantitative estimate of drug-likeness (QED) is 0.0153. The van der Waals surface area contributed by atoms with E-state index in [4.69, 9.17) is 45.8 Å². The van der Waals surface area contributed by atoms with Gasteiger partial charge in [0.25, 0.3) is 5.91 Å². The lowest BCUT2D eigenvalue weighted by atomic mass is 9.83. The molecule has 0 radical (unpaired) electrons. The fourth-order valence-corrected chi connectivity index (χ4v) is 12.7. The fourth-order valence-electron chi connectivity index (χ4n) is 10.9.